The average molecular weight is 308 g/mol. The van der Waals surface area contributed by atoms with Gasteiger partial charge in [0.05, 0.1) is 5.75 Å². The predicted molar refractivity (Wildman–Crippen MR) is 74.9 cm³/mol. The van der Waals surface area contributed by atoms with Crippen molar-refractivity contribution in [3.05, 3.63) is 53.6 Å². The fourth-order valence-corrected chi connectivity index (χ4v) is 2.90. The summed E-state index contributed by atoms with van der Waals surface area (Å²) in [5.74, 6) is -2.20. The van der Waals surface area contributed by atoms with E-state index in [-0.39, 0.29) is 16.5 Å². The van der Waals surface area contributed by atoms with Crippen LogP contribution in [0.15, 0.2) is 46.0 Å². The van der Waals surface area contributed by atoms with Crippen LogP contribution in [0, 0.1) is 11.6 Å². The van der Waals surface area contributed by atoms with E-state index in [1.54, 1.807) is 18.2 Å². The number of hydrogen-bond donors (Lipinski definition) is 1. The van der Waals surface area contributed by atoms with Crippen molar-refractivity contribution in [2.75, 3.05) is 5.73 Å². The first-order valence-corrected chi connectivity index (χ1v) is 7.34. The van der Waals surface area contributed by atoms with Gasteiger partial charge in [-0.25, -0.2) is 18.0 Å². The molecule has 0 saturated heterocycles. The third-order valence-corrected chi connectivity index (χ3v) is 4.04. The van der Waals surface area contributed by atoms with Gasteiger partial charge in [0.2, 0.25) is 0 Å². The summed E-state index contributed by atoms with van der Waals surface area (Å²) in [4.78, 5) is 4.06. The van der Waals surface area contributed by atoms with Crippen molar-refractivity contribution in [3.8, 4) is 0 Å². The molecule has 0 saturated carbocycles. The fourth-order valence-electron chi connectivity index (χ4n) is 1.88. The molecule has 0 fully saturated rings. The van der Waals surface area contributed by atoms with E-state index in [9.17, 15) is 13.0 Å². The first-order valence-electron chi connectivity index (χ1n) is 6.02. The number of halogens is 2. The molecule has 1 unspecified atom stereocenters. The number of aromatic nitrogens is 1. The molecule has 0 spiro atoms. The zero-order valence-electron chi connectivity index (χ0n) is 10.7. The van der Waals surface area contributed by atoms with Gasteiger partial charge in [-0.15, -0.1) is 0 Å². The number of rotatable bonds is 3. The predicted octanol–water partition coefficient (Wildman–Crippen LogP) is 3.00. The Morgan fingerprint density at radius 2 is 2.05 bits per heavy atom. The van der Waals surface area contributed by atoms with Crippen LogP contribution in [-0.4, -0.2) is 9.19 Å². The number of nitrogens with two attached hydrogens (primary N) is 1. The van der Waals surface area contributed by atoms with Crippen molar-refractivity contribution in [3.63, 3.8) is 0 Å². The molecule has 3 aromatic rings. The molecule has 21 heavy (non-hydrogen) atoms. The number of anilines is 1. The van der Waals surface area contributed by atoms with Gasteiger partial charge in [0.25, 0.3) is 5.22 Å². The summed E-state index contributed by atoms with van der Waals surface area (Å²) in [6.07, 6.45) is 0. The van der Waals surface area contributed by atoms with Crippen LogP contribution in [0.2, 0.25) is 0 Å². The van der Waals surface area contributed by atoms with Crippen molar-refractivity contribution in [2.24, 2.45) is 0 Å². The molecule has 0 radical (unpaired) electrons. The Kier molecular flexibility index (Phi) is 3.42. The number of fused-ring (bicyclic) bond motifs is 1. The van der Waals surface area contributed by atoms with Crippen LogP contribution in [0.5, 0.6) is 0 Å². The normalized spacial score (nSPS) is 12.7. The number of benzene rings is 2. The van der Waals surface area contributed by atoms with Crippen molar-refractivity contribution < 1.29 is 17.4 Å². The van der Waals surface area contributed by atoms with Crippen LogP contribution >= 0.6 is 0 Å². The van der Waals surface area contributed by atoms with Crippen LogP contribution in [0.25, 0.3) is 11.1 Å². The van der Waals surface area contributed by atoms with E-state index in [0.29, 0.717) is 16.8 Å². The van der Waals surface area contributed by atoms with Crippen LogP contribution in [0.3, 0.4) is 0 Å². The first-order chi connectivity index (χ1) is 10.0. The second kappa shape index (κ2) is 5.25. The zero-order chi connectivity index (χ0) is 15.0. The Labute approximate surface area is 121 Å². The topological polar surface area (TPSA) is 69.1 Å². The molecular weight excluding hydrogens is 298 g/mol. The SMILES string of the molecule is Nc1ccc2oc(S(=O)Cc3cccc(F)c3F)nc2c1. The highest BCUT2D eigenvalue weighted by Gasteiger charge is 2.17. The highest BCUT2D eigenvalue weighted by molar-refractivity contribution is 7.84. The maximum atomic E-state index is 13.6. The lowest BCUT2D eigenvalue weighted by Crippen LogP contribution is -2.01. The number of nitrogen functional groups attached to an aromatic ring is 1. The Bertz CT molecular complexity index is 848. The molecule has 1 heterocycles. The average Bonchev–Trinajstić information content (AvgIpc) is 2.87. The van der Waals surface area contributed by atoms with E-state index in [0.717, 1.165) is 6.07 Å². The molecule has 0 aliphatic heterocycles. The fraction of sp³-hybridized carbons (Fsp3) is 0.0714. The van der Waals surface area contributed by atoms with Crippen LogP contribution in [-0.2, 0) is 16.6 Å². The van der Waals surface area contributed by atoms with Gasteiger partial charge in [-0.3, -0.25) is 0 Å². The minimum Gasteiger partial charge on any atom is -0.430 e. The van der Waals surface area contributed by atoms with E-state index in [4.69, 9.17) is 10.2 Å². The van der Waals surface area contributed by atoms with Crippen molar-refractivity contribution >= 4 is 27.6 Å². The smallest absolute Gasteiger partial charge is 0.288 e. The van der Waals surface area contributed by atoms with Gasteiger partial charge in [0.1, 0.15) is 16.3 Å². The molecule has 0 bridgehead atoms. The monoisotopic (exact) mass is 308 g/mol. The number of nitrogens with zero attached hydrogens (tertiary/aromatic N) is 1. The van der Waals surface area contributed by atoms with Gasteiger partial charge < -0.3 is 10.2 Å². The van der Waals surface area contributed by atoms with Crippen LogP contribution in [0.1, 0.15) is 5.56 Å². The largest absolute Gasteiger partial charge is 0.430 e. The minimum atomic E-state index is -1.72. The van der Waals surface area contributed by atoms with Crippen molar-refractivity contribution in [1.82, 2.24) is 4.98 Å². The molecule has 1 atom stereocenters. The lowest BCUT2D eigenvalue weighted by molar-refractivity contribution is 0.476. The molecule has 4 nitrogen and oxygen atoms in total. The van der Waals surface area contributed by atoms with E-state index in [1.165, 1.54) is 12.1 Å². The Hall–Kier alpha value is -2.28. The number of oxazole rings is 1. The van der Waals surface area contributed by atoms with Gasteiger partial charge in [-0.05, 0) is 24.3 Å². The molecule has 7 heteroatoms. The Balaban J connectivity index is 1.91. The van der Waals surface area contributed by atoms with Crippen molar-refractivity contribution in [1.29, 1.82) is 0 Å². The standard InChI is InChI=1S/C14H10F2N2O2S/c15-10-3-1-2-8(13(10)16)7-21(19)14-18-11-6-9(17)4-5-12(11)20-14/h1-6H,7,17H2. The Morgan fingerprint density at radius 3 is 2.86 bits per heavy atom. The van der Waals surface area contributed by atoms with Gasteiger partial charge in [0, 0.05) is 11.3 Å². The van der Waals surface area contributed by atoms with Crippen LogP contribution in [0.4, 0.5) is 14.5 Å². The molecule has 3 rings (SSSR count). The summed E-state index contributed by atoms with van der Waals surface area (Å²) >= 11 is 0. The second-order valence-corrected chi connectivity index (χ2v) is 5.74. The molecule has 0 aliphatic rings. The molecular formula is C14H10F2N2O2S. The van der Waals surface area contributed by atoms with Gasteiger partial charge >= 0.3 is 0 Å². The minimum absolute atomic E-state index is 0.00935. The summed E-state index contributed by atoms with van der Waals surface area (Å²) in [5.41, 5.74) is 7.04. The quantitative estimate of drug-likeness (QED) is 0.755. The summed E-state index contributed by atoms with van der Waals surface area (Å²) in [6, 6.07) is 8.56. The lowest BCUT2D eigenvalue weighted by atomic mass is 10.2. The summed E-state index contributed by atoms with van der Waals surface area (Å²) in [7, 11) is -1.72. The van der Waals surface area contributed by atoms with Gasteiger partial charge in [-0.1, -0.05) is 12.1 Å². The lowest BCUT2D eigenvalue weighted by Gasteiger charge is -2.01. The van der Waals surface area contributed by atoms with Crippen LogP contribution < -0.4 is 5.73 Å². The maximum Gasteiger partial charge on any atom is 0.288 e. The third kappa shape index (κ3) is 2.64. The second-order valence-electron chi connectivity index (χ2n) is 4.41. The van der Waals surface area contributed by atoms with E-state index < -0.39 is 22.4 Å². The summed E-state index contributed by atoms with van der Waals surface area (Å²) in [6.45, 7) is 0. The molecule has 1 aromatic heterocycles. The zero-order valence-corrected chi connectivity index (χ0v) is 11.5. The maximum absolute atomic E-state index is 13.6. The van der Waals surface area contributed by atoms with Gasteiger partial charge in [-0.2, -0.15) is 0 Å². The summed E-state index contributed by atoms with van der Waals surface area (Å²) < 4.78 is 44.2. The van der Waals surface area contributed by atoms with E-state index in [2.05, 4.69) is 4.98 Å². The van der Waals surface area contributed by atoms with E-state index in [1.807, 2.05) is 0 Å². The van der Waals surface area contributed by atoms with Gasteiger partial charge in [0.15, 0.2) is 17.2 Å². The summed E-state index contributed by atoms with van der Waals surface area (Å²) in [5, 5.41) is -0.0424. The highest BCUT2D eigenvalue weighted by Crippen LogP contribution is 2.22. The van der Waals surface area contributed by atoms with Crippen molar-refractivity contribution in [2.45, 2.75) is 11.0 Å². The molecule has 2 N–H and O–H groups in total. The van der Waals surface area contributed by atoms with E-state index >= 15 is 0 Å². The molecule has 0 amide bonds. The molecule has 0 aliphatic carbocycles. The highest BCUT2D eigenvalue weighted by atomic mass is 32.2. The molecule has 108 valence electrons. The first kappa shape index (κ1) is 13.7. The third-order valence-electron chi connectivity index (χ3n) is 2.90. The molecule has 2 aromatic carbocycles. The Morgan fingerprint density at radius 1 is 1.24 bits per heavy atom. The number of hydrogen-bond acceptors (Lipinski definition) is 4.